The summed E-state index contributed by atoms with van der Waals surface area (Å²) in [7, 11) is 0. The number of rotatable bonds is 13. The first-order valence-electron chi connectivity index (χ1n) is 12.3. The molecule has 5 heteroatoms. The summed E-state index contributed by atoms with van der Waals surface area (Å²) in [6.07, 6.45) is 17.0. The minimum absolute atomic E-state index is 0.0180. The number of carbonyl (C=O) groups excluding carboxylic acids is 2. The molecule has 0 aromatic heterocycles. The summed E-state index contributed by atoms with van der Waals surface area (Å²) >= 11 is 0. The number of hydrogen-bond donors (Lipinski definition) is 1. The minimum atomic E-state index is -0.0180. The zero-order valence-electron chi connectivity index (χ0n) is 19.9. The number of nitrogens with zero attached hydrogens (tertiary/aromatic N) is 2. The molecule has 0 saturated carbocycles. The number of carbonyl (C=O) groups is 2. The lowest BCUT2D eigenvalue weighted by Crippen LogP contribution is -2.42. The molecule has 0 bridgehead atoms. The maximum Gasteiger partial charge on any atom is 0.132 e. The Balaban J connectivity index is 2.01. The molecule has 0 radical (unpaired) electrons. The van der Waals surface area contributed by atoms with Crippen molar-refractivity contribution >= 4 is 11.6 Å². The molecule has 31 heavy (non-hydrogen) atoms. The fraction of sp³-hybridized carbons (Fsp3) is 0.769. The van der Waals surface area contributed by atoms with Crippen molar-refractivity contribution in [2.75, 3.05) is 26.2 Å². The summed E-state index contributed by atoms with van der Waals surface area (Å²) in [5.74, 6) is 0.663. The molecule has 0 spiro atoms. The van der Waals surface area contributed by atoms with Gasteiger partial charge in [-0.2, -0.15) is 5.06 Å². The van der Waals surface area contributed by atoms with Gasteiger partial charge in [-0.15, -0.1) is 6.58 Å². The van der Waals surface area contributed by atoms with Gasteiger partial charge in [0.2, 0.25) is 0 Å². The van der Waals surface area contributed by atoms with Gasteiger partial charge in [0.15, 0.2) is 0 Å². The first-order valence-corrected chi connectivity index (χ1v) is 12.3. The van der Waals surface area contributed by atoms with Crippen LogP contribution in [0.15, 0.2) is 24.9 Å². The van der Waals surface area contributed by atoms with Crippen LogP contribution in [0.25, 0.3) is 0 Å². The second-order valence-corrected chi connectivity index (χ2v) is 9.93. The number of ketones is 2. The molecule has 1 N–H and O–H groups in total. The lowest BCUT2D eigenvalue weighted by Gasteiger charge is -2.43. The van der Waals surface area contributed by atoms with Gasteiger partial charge in [-0.1, -0.05) is 26.0 Å². The lowest BCUT2D eigenvalue weighted by molar-refractivity contribution is -0.142. The summed E-state index contributed by atoms with van der Waals surface area (Å²) < 4.78 is 0. The van der Waals surface area contributed by atoms with Gasteiger partial charge in [0.25, 0.3) is 0 Å². The van der Waals surface area contributed by atoms with Crippen LogP contribution in [0.1, 0.15) is 90.9 Å². The molecule has 2 saturated heterocycles. The second kappa shape index (κ2) is 12.5. The molecule has 0 aliphatic carbocycles. The van der Waals surface area contributed by atoms with Crippen molar-refractivity contribution < 1.29 is 14.8 Å². The molecule has 2 atom stereocenters. The Hall–Kier alpha value is -1.46. The normalized spacial score (nSPS) is 27.5. The molecule has 0 aromatic carbocycles. The Kier molecular flexibility index (Phi) is 10.4. The fourth-order valence-electron chi connectivity index (χ4n) is 5.42. The Bertz CT molecular complexity index is 632. The van der Waals surface area contributed by atoms with Crippen LogP contribution in [-0.2, 0) is 9.59 Å². The van der Waals surface area contributed by atoms with E-state index in [0.717, 1.165) is 71.0 Å². The van der Waals surface area contributed by atoms with Gasteiger partial charge in [0.1, 0.15) is 11.6 Å². The van der Waals surface area contributed by atoms with Crippen LogP contribution in [0.2, 0.25) is 0 Å². The summed E-state index contributed by atoms with van der Waals surface area (Å²) in [5, 5.41) is 11.6. The summed E-state index contributed by atoms with van der Waals surface area (Å²) in [5.41, 5.74) is 0.128. The minimum Gasteiger partial charge on any atom is -0.377 e. The predicted octanol–water partition coefficient (Wildman–Crippen LogP) is 5.54. The predicted molar refractivity (Wildman–Crippen MR) is 126 cm³/mol. The Morgan fingerprint density at radius 2 is 1.52 bits per heavy atom. The van der Waals surface area contributed by atoms with E-state index in [1.807, 2.05) is 19.9 Å². The van der Waals surface area contributed by atoms with Crippen molar-refractivity contribution in [2.24, 2.45) is 10.8 Å². The first kappa shape index (κ1) is 25.8. The van der Waals surface area contributed by atoms with Crippen molar-refractivity contribution in [3.63, 3.8) is 0 Å². The van der Waals surface area contributed by atoms with E-state index in [1.165, 1.54) is 5.06 Å². The van der Waals surface area contributed by atoms with Gasteiger partial charge in [-0.25, -0.2) is 0 Å². The topological polar surface area (TPSA) is 60.9 Å². The zero-order chi connectivity index (χ0) is 22.7. The Morgan fingerprint density at radius 3 is 2.06 bits per heavy atom. The summed E-state index contributed by atoms with van der Waals surface area (Å²) in [6.45, 7) is 11.2. The van der Waals surface area contributed by atoms with E-state index in [0.29, 0.717) is 43.8 Å². The lowest BCUT2D eigenvalue weighted by atomic mass is 9.73. The van der Waals surface area contributed by atoms with Gasteiger partial charge in [0, 0.05) is 51.9 Å². The average Bonchev–Trinajstić information content (AvgIpc) is 2.76. The van der Waals surface area contributed by atoms with E-state index in [9.17, 15) is 14.8 Å². The molecule has 0 amide bonds. The van der Waals surface area contributed by atoms with E-state index in [1.54, 1.807) is 0 Å². The third-order valence-corrected chi connectivity index (χ3v) is 7.43. The number of allylic oxidation sites excluding steroid dienone is 2. The first-order chi connectivity index (χ1) is 14.9. The monoisotopic (exact) mass is 432 g/mol. The maximum atomic E-state index is 11.9. The highest BCUT2D eigenvalue weighted by Crippen LogP contribution is 2.40. The molecule has 5 nitrogen and oxygen atoms in total. The van der Waals surface area contributed by atoms with Crippen LogP contribution in [0.4, 0.5) is 0 Å². The van der Waals surface area contributed by atoms with Crippen molar-refractivity contribution in [3.05, 3.63) is 24.9 Å². The van der Waals surface area contributed by atoms with Gasteiger partial charge >= 0.3 is 0 Å². The van der Waals surface area contributed by atoms with Gasteiger partial charge in [-0.05, 0) is 68.4 Å². The van der Waals surface area contributed by atoms with E-state index in [-0.39, 0.29) is 10.8 Å². The molecule has 0 aromatic rings. The largest absolute Gasteiger partial charge is 0.377 e. The molecule has 2 fully saturated rings. The average molecular weight is 433 g/mol. The van der Waals surface area contributed by atoms with Crippen molar-refractivity contribution in [1.82, 2.24) is 9.96 Å². The standard InChI is InChI=1S/C26H44N2O3/c1-4-12-25(16-10-23(29)5-2)13-7-18-27(21-25)19-8-14-26(17-11-24(30)6-3)15-9-20-28(31)22-26/h4,8,19,31H,1,5-7,9-18,20-22H2,2-3H3/b19-8+/t25-,26-/m1/s1. The molecular formula is C26H44N2O3. The molecule has 2 heterocycles. The molecule has 2 rings (SSSR count). The Labute approximate surface area is 189 Å². The number of piperidine rings is 2. The van der Waals surface area contributed by atoms with Crippen LogP contribution in [0.3, 0.4) is 0 Å². The fourth-order valence-corrected chi connectivity index (χ4v) is 5.42. The molecule has 176 valence electrons. The number of Topliss-reactive ketones (excluding diaryl/α,β-unsaturated/α-hetero) is 2. The SMILES string of the molecule is C=CC[C@]1(CCC(=O)CC)CCCN(/C=C/C[C@]2(CCC(=O)CC)CCCN(O)C2)C1. The zero-order valence-corrected chi connectivity index (χ0v) is 19.9. The third-order valence-electron chi connectivity index (χ3n) is 7.43. The quantitative estimate of drug-likeness (QED) is 0.387. The second-order valence-electron chi connectivity index (χ2n) is 9.93. The Morgan fingerprint density at radius 1 is 0.935 bits per heavy atom. The van der Waals surface area contributed by atoms with E-state index in [2.05, 4.69) is 23.8 Å². The summed E-state index contributed by atoms with van der Waals surface area (Å²) in [6, 6.07) is 0. The highest BCUT2D eigenvalue weighted by Gasteiger charge is 2.35. The number of hydrogen-bond acceptors (Lipinski definition) is 5. The van der Waals surface area contributed by atoms with E-state index < -0.39 is 0 Å². The third kappa shape index (κ3) is 8.19. The molecule has 2 aliphatic heterocycles. The van der Waals surface area contributed by atoms with Crippen molar-refractivity contribution in [2.45, 2.75) is 90.9 Å². The van der Waals surface area contributed by atoms with Crippen LogP contribution in [0, 0.1) is 10.8 Å². The maximum absolute atomic E-state index is 11.9. The van der Waals surface area contributed by atoms with Gasteiger partial charge in [-0.3, -0.25) is 9.59 Å². The van der Waals surface area contributed by atoms with Crippen molar-refractivity contribution in [1.29, 1.82) is 0 Å². The van der Waals surface area contributed by atoms with Gasteiger partial charge < -0.3 is 10.1 Å². The summed E-state index contributed by atoms with van der Waals surface area (Å²) in [4.78, 5) is 26.3. The molecule has 0 unspecified atom stereocenters. The number of hydroxylamine groups is 2. The molecular weight excluding hydrogens is 388 g/mol. The van der Waals surface area contributed by atoms with Gasteiger partial charge in [0.05, 0.1) is 0 Å². The molecule has 2 aliphatic rings. The highest BCUT2D eigenvalue weighted by molar-refractivity contribution is 5.78. The van der Waals surface area contributed by atoms with E-state index >= 15 is 0 Å². The van der Waals surface area contributed by atoms with Crippen LogP contribution in [-0.4, -0.2) is 52.9 Å². The van der Waals surface area contributed by atoms with Crippen LogP contribution < -0.4 is 0 Å². The van der Waals surface area contributed by atoms with E-state index in [4.69, 9.17) is 0 Å². The smallest absolute Gasteiger partial charge is 0.132 e. The van der Waals surface area contributed by atoms with Crippen LogP contribution >= 0.6 is 0 Å². The highest BCUT2D eigenvalue weighted by atomic mass is 16.5. The number of likely N-dealkylation sites (tertiary alicyclic amines) is 1. The van der Waals surface area contributed by atoms with Crippen LogP contribution in [0.5, 0.6) is 0 Å². The van der Waals surface area contributed by atoms with Crippen molar-refractivity contribution in [3.8, 4) is 0 Å².